The van der Waals surface area contributed by atoms with Crippen molar-refractivity contribution in [2.24, 2.45) is 7.05 Å². The van der Waals surface area contributed by atoms with Gasteiger partial charge in [-0.2, -0.15) is 0 Å². The summed E-state index contributed by atoms with van der Waals surface area (Å²) in [5.41, 5.74) is 3.81. The van der Waals surface area contributed by atoms with E-state index >= 15 is 0 Å². The molecule has 4 aromatic rings. The van der Waals surface area contributed by atoms with E-state index in [1.165, 1.54) is 28.8 Å². The van der Waals surface area contributed by atoms with Crippen LogP contribution in [0.4, 0.5) is 10.1 Å². The Kier molecular flexibility index (Phi) is 4.75. The Morgan fingerprint density at radius 3 is 2.55 bits per heavy atom. The zero-order valence-electron chi connectivity index (χ0n) is 17.9. The van der Waals surface area contributed by atoms with Crippen LogP contribution in [0.2, 0.25) is 0 Å². The number of aromatic nitrogens is 2. The minimum atomic E-state index is -3.28. The van der Waals surface area contributed by atoms with Crippen LogP contribution in [0.1, 0.15) is 21.5 Å². The Labute approximate surface area is 189 Å². The van der Waals surface area contributed by atoms with E-state index in [1.807, 2.05) is 0 Å². The van der Waals surface area contributed by atoms with E-state index < -0.39 is 15.7 Å². The molecule has 0 saturated carbocycles. The molecule has 0 fully saturated rings. The second-order valence-corrected chi connectivity index (χ2v) is 10.5. The molecule has 1 N–H and O–H groups in total. The predicted molar refractivity (Wildman–Crippen MR) is 124 cm³/mol. The van der Waals surface area contributed by atoms with Gasteiger partial charge in [-0.1, -0.05) is 6.07 Å². The number of H-pyrrole nitrogens is 1. The van der Waals surface area contributed by atoms with Gasteiger partial charge in [0.05, 0.1) is 18.0 Å². The summed E-state index contributed by atoms with van der Waals surface area (Å²) in [7, 11) is -1.64. The van der Waals surface area contributed by atoms with Crippen LogP contribution in [0.15, 0.2) is 59.7 Å². The lowest BCUT2D eigenvalue weighted by Gasteiger charge is -2.24. The van der Waals surface area contributed by atoms with Crippen LogP contribution in [0.5, 0.6) is 0 Å². The second-order valence-electron chi connectivity index (χ2n) is 8.34. The smallest absolute Gasteiger partial charge is 0.274 e. The highest BCUT2D eigenvalue weighted by Crippen LogP contribution is 2.41. The van der Waals surface area contributed by atoms with Gasteiger partial charge in [-0.15, -0.1) is 0 Å². The Morgan fingerprint density at radius 1 is 1.12 bits per heavy atom. The second kappa shape index (κ2) is 7.41. The molecule has 0 aliphatic carbocycles. The van der Waals surface area contributed by atoms with E-state index in [-0.39, 0.29) is 23.8 Å². The molecule has 0 bridgehead atoms. The van der Waals surface area contributed by atoms with Crippen LogP contribution in [0.3, 0.4) is 0 Å². The van der Waals surface area contributed by atoms with E-state index in [1.54, 1.807) is 42.5 Å². The summed E-state index contributed by atoms with van der Waals surface area (Å²) in [4.78, 5) is 30.8. The minimum absolute atomic E-state index is 0.152. The molecule has 1 aliphatic heterocycles. The van der Waals surface area contributed by atoms with Crippen molar-refractivity contribution in [1.82, 2.24) is 9.55 Å². The van der Waals surface area contributed by atoms with Gasteiger partial charge < -0.3 is 14.5 Å². The predicted octanol–water partition coefficient (Wildman–Crippen LogP) is 3.38. The number of nitrogens with zero attached hydrogens (tertiary/aromatic N) is 2. The van der Waals surface area contributed by atoms with Gasteiger partial charge in [0.1, 0.15) is 11.3 Å². The van der Waals surface area contributed by atoms with Crippen molar-refractivity contribution in [3.63, 3.8) is 0 Å². The number of nitrogens with one attached hydrogen (secondary N) is 1. The van der Waals surface area contributed by atoms with Crippen molar-refractivity contribution < 1.29 is 17.6 Å². The Balaban J connectivity index is 1.78. The molecule has 2 aromatic carbocycles. The lowest BCUT2D eigenvalue weighted by atomic mass is 9.99. The Morgan fingerprint density at radius 2 is 1.85 bits per heavy atom. The molecule has 33 heavy (non-hydrogen) atoms. The average Bonchev–Trinajstić information content (AvgIpc) is 3.12. The van der Waals surface area contributed by atoms with Gasteiger partial charge in [0.25, 0.3) is 11.5 Å². The highest BCUT2D eigenvalue weighted by atomic mass is 32.2. The fourth-order valence-corrected chi connectivity index (χ4v) is 5.16. The number of rotatable bonds is 3. The van der Waals surface area contributed by atoms with Crippen LogP contribution < -0.4 is 10.5 Å². The number of pyridine rings is 1. The molecule has 7 nitrogen and oxygen atoms in total. The fraction of sp³-hybridized carbons (Fsp3) is 0.167. The standard InChI is InChI=1S/C24H20FN3O4S/c1-27-12-19-18-9-14(13-33(2,31)32)3-8-20(18)28(23(29)15-4-6-17(25)7-5-15)11-16-10-26-22(21(16)19)24(27)30/h3-10,12,26H,11,13H2,1-2H3. The monoisotopic (exact) mass is 465 g/mol. The molecule has 9 heteroatoms. The first-order valence-corrected chi connectivity index (χ1v) is 12.3. The molecule has 0 saturated heterocycles. The van der Waals surface area contributed by atoms with Crippen LogP contribution in [0.25, 0.3) is 22.0 Å². The summed E-state index contributed by atoms with van der Waals surface area (Å²) >= 11 is 0. The van der Waals surface area contributed by atoms with Gasteiger partial charge in [-0.3, -0.25) is 9.59 Å². The molecule has 0 spiro atoms. The molecule has 1 aliphatic rings. The number of halogens is 1. The van der Waals surface area contributed by atoms with Crippen LogP contribution in [0, 0.1) is 5.82 Å². The quantitative estimate of drug-likeness (QED) is 0.502. The lowest BCUT2D eigenvalue weighted by molar-refractivity contribution is 0.0985. The SMILES string of the molecule is Cn1cc2c3c(c[nH]c3c1=O)CN(C(=O)c1ccc(F)cc1)c1ccc(CS(C)(=O)=O)cc1-2. The summed E-state index contributed by atoms with van der Waals surface area (Å²) in [6.45, 7) is 0.189. The maximum absolute atomic E-state index is 13.5. The van der Waals surface area contributed by atoms with E-state index in [2.05, 4.69) is 4.98 Å². The van der Waals surface area contributed by atoms with Gasteiger partial charge in [0.15, 0.2) is 9.84 Å². The third-order valence-corrected chi connectivity index (χ3v) is 6.68. The van der Waals surface area contributed by atoms with Crippen molar-refractivity contribution in [3.8, 4) is 11.1 Å². The number of carbonyl (C=O) groups is 1. The van der Waals surface area contributed by atoms with Crippen molar-refractivity contribution >= 4 is 32.3 Å². The highest BCUT2D eigenvalue weighted by molar-refractivity contribution is 7.89. The zero-order chi connectivity index (χ0) is 23.5. The van der Waals surface area contributed by atoms with Crippen molar-refractivity contribution in [1.29, 1.82) is 0 Å². The number of anilines is 1. The first-order chi connectivity index (χ1) is 15.6. The minimum Gasteiger partial charge on any atom is -0.356 e. The van der Waals surface area contributed by atoms with E-state index in [0.29, 0.717) is 33.3 Å². The van der Waals surface area contributed by atoms with Crippen molar-refractivity contribution in [2.75, 3.05) is 11.2 Å². The molecular formula is C24H20FN3O4S. The molecule has 168 valence electrons. The number of hydrogen-bond donors (Lipinski definition) is 1. The van der Waals surface area contributed by atoms with Crippen molar-refractivity contribution in [3.05, 3.63) is 87.7 Å². The number of amides is 1. The Bertz CT molecular complexity index is 1600. The number of benzene rings is 2. The Hall–Kier alpha value is -3.72. The van der Waals surface area contributed by atoms with Crippen LogP contribution in [-0.4, -0.2) is 30.1 Å². The summed E-state index contributed by atoms with van der Waals surface area (Å²) in [6, 6.07) is 10.5. The summed E-state index contributed by atoms with van der Waals surface area (Å²) in [5.74, 6) is -0.925. The molecule has 0 unspecified atom stereocenters. The number of sulfone groups is 1. The molecule has 1 amide bonds. The third-order valence-electron chi connectivity index (χ3n) is 5.82. The first kappa shape index (κ1) is 21.1. The summed E-state index contributed by atoms with van der Waals surface area (Å²) in [5, 5.41) is 0.699. The third kappa shape index (κ3) is 3.64. The maximum Gasteiger partial charge on any atom is 0.274 e. The molecule has 3 heterocycles. The van der Waals surface area contributed by atoms with Crippen LogP contribution >= 0.6 is 0 Å². The zero-order valence-corrected chi connectivity index (χ0v) is 18.7. The van der Waals surface area contributed by atoms with Crippen LogP contribution in [-0.2, 0) is 29.2 Å². The van der Waals surface area contributed by atoms with E-state index in [9.17, 15) is 22.4 Å². The topological polar surface area (TPSA) is 92.2 Å². The molecule has 0 atom stereocenters. The molecule has 5 rings (SSSR count). The summed E-state index contributed by atoms with van der Waals surface area (Å²) in [6.07, 6.45) is 4.58. The molecular weight excluding hydrogens is 445 g/mol. The van der Waals surface area contributed by atoms with Gasteiger partial charge in [-0.25, -0.2) is 12.8 Å². The summed E-state index contributed by atoms with van der Waals surface area (Å²) < 4.78 is 38.7. The number of aromatic amines is 1. The normalized spacial score (nSPS) is 13.1. The van der Waals surface area contributed by atoms with E-state index in [4.69, 9.17) is 0 Å². The number of hydrogen-bond acceptors (Lipinski definition) is 4. The highest BCUT2D eigenvalue weighted by Gasteiger charge is 2.29. The number of fused-ring (bicyclic) bond motifs is 2. The fourth-order valence-electron chi connectivity index (χ4n) is 4.37. The van der Waals surface area contributed by atoms with Crippen molar-refractivity contribution in [2.45, 2.75) is 12.3 Å². The largest absolute Gasteiger partial charge is 0.356 e. The number of aryl methyl sites for hydroxylation is 1. The lowest BCUT2D eigenvalue weighted by Crippen LogP contribution is -2.30. The molecule has 0 radical (unpaired) electrons. The molecule has 2 aromatic heterocycles. The maximum atomic E-state index is 13.5. The van der Waals surface area contributed by atoms with E-state index in [0.717, 1.165) is 17.4 Å². The number of carbonyl (C=O) groups excluding carboxylic acids is 1. The first-order valence-electron chi connectivity index (χ1n) is 10.2. The van der Waals surface area contributed by atoms with Gasteiger partial charge in [0.2, 0.25) is 0 Å². The van der Waals surface area contributed by atoms with Gasteiger partial charge in [0, 0.05) is 47.8 Å². The van der Waals surface area contributed by atoms with Gasteiger partial charge >= 0.3 is 0 Å². The van der Waals surface area contributed by atoms with Gasteiger partial charge in [-0.05, 0) is 47.5 Å². The average molecular weight is 466 g/mol.